The number of aryl methyl sites for hydroxylation is 1. The zero-order valence-corrected chi connectivity index (χ0v) is 14.0. The third-order valence-corrected chi connectivity index (χ3v) is 6.83. The Labute approximate surface area is 124 Å². The average Bonchev–Trinajstić information content (AvgIpc) is 2.32. The Bertz CT molecular complexity index is 561. The van der Waals surface area contributed by atoms with Crippen molar-refractivity contribution in [1.29, 1.82) is 0 Å². The molecular formula is C14H20BrNO2S. The molecule has 0 N–H and O–H groups in total. The lowest BCUT2D eigenvalue weighted by molar-refractivity contribution is 0.204. The van der Waals surface area contributed by atoms with E-state index in [4.69, 9.17) is 0 Å². The van der Waals surface area contributed by atoms with Crippen molar-refractivity contribution in [1.82, 2.24) is 4.31 Å². The molecule has 1 heterocycles. The van der Waals surface area contributed by atoms with Crippen LogP contribution < -0.4 is 0 Å². The van der Waals surface area contributed by atoms with E-state index < -0.39 is 10.0 Å². The second-order valence-electron chi connectivity index (χ2n) is 5.37. The number of benzene rings is 1. The summed E-state index contributed by atoms with van der Waals surface area (Å²) in [5.74, 6) is 0. The van der Waals surface area contributed by atoms with E-state index in [0.29, 0.717) is 4.90 Å². The van der Waals surface area contributed by atoms with Crippen LogP contribution in [0, 0.1) is 6.92 Å². The zero-order chi connectivity index (χ0) is 14.2. The van der Waals surface area contributed by atoms with Crippen LogP contribution in [-0.2, 0) is 10.0 Å². The van der Waals surface area contributed by atoms with Crippen LogP contribution in [0.5, 0.6) is 0 Å². The second-order valence-corrected chi connectivity index (χ2v) is 8.07. The smallest absolute Gasteiger partial charge is 0.207 e. The highest BCUT2D eigenvalue weighted by Gasteiger charge is 2.35. The Balaban J connectivity index is 2.43. The summed E-state index contributed by atoms with van der Waals surface area (Å²) in [5.41, 5.74) is 0.943. The van der Waals surface area contributed by atoms with Gasteiger partial charge in [-0.05, 0) is 57.4 Å². The van der Waals surface area contributed by atoms with Crippen LogP contribution in [0.25, 0.3) is 0 Å². The Morgan fingerprint density at radius 3 is 2.32 bits per heavy atom. The monoisotopic (exact) mass is 345 g/mol. The van der Waals surface area contributed by atoms with E-state index in [9.17, 15) is 8.42 Å². The molecule has 2 atom stereocenters. The molecule has 0 spiro atoms. The van der Waals surface area contributed by atoms with Crippen molar-refractivity contribution < 1.29 is 8.42 Å². The molecule has 1 fully saturated rings. The van der Waals surface area contributed by atoms with Crippen LogP contribution >= 0.6 is 15.9 Å². The third-order valence-electron chi connectivity index (χ3n) is 3.82. The van der Waals surface area contributed by atoms with Crippen molar-refractivity contribution in [3.8, 4) is 0 Å². The molecule has 1 aromatic rings. The number of hydrogen-bond donors (Lipinski definition) is 0. The largest absolute Gasteiger partial charge is 0.243 e. The van der Waals surface area contributed by atoms with Crippen LogP contribution in [0.4, 0.5) is 0 Å². The minimum atomic E-state index is -3.39. The summed E-state index contributed by atoms with van der Waals surface area (Å²) in [7, 11) is -3.39. The highest BCUT2D eigenvalue weighted by atomic mass is 79.9. The first-order chi connectivity index (χ1) is 8.84. The van der Waals surface area contributed by atoms with Gasteiger partial charge in [0.05, 0.1) is 4.90 Å². The fourth-order valence-electron chi connectivity index (χ4n) is 2.77. The molecule has 3 nitrogen and oxygen atoms in total. The van der Waals surface area contributed by atoms with Crippen molar-refractivity contribution in [2.24, 2.45) is 0 Å². The molecular weight excluding hydrogens is 326 g/mol. The maximum Gasteiger partial charge on any atom is 0.243 e. The van der Waals surface area contributed by atoms with Gasteiger partial charge in [-0.25, -0.2) is 8.42 Å². The SMILES string of the molecule is Cc1cc(S(=O)(=O)N2C(C)CCCC2C)ccc1Br. The van der Waals surface area contributed by atoms with Crippen molar-refractivity contribution >= 4 is 26.0 Å². The van der Waals surface area contributed by atoms with Crippen LogP contribution in [0.2, 0.25) is 0 Å². The molecule has 1 aromatic carbocycles. The van der Waals surface area contributed by atoms with Gasteiger partial charge in [0.1, 0.15) is 0 Å². The van der Waals surface area contributed by atoms with Gasteiger partial charge in [0.15, 0.2) is 0 Å². The number of nitrogens with zero attached hydrogens (tertiary/aromatic N) is 1. The van der Waals surface area contributed by atoms with E-state index in [0.717, 1.165) is 29.3 Å². The topological polar surface area (TPSA) is 37.4 Å². The summed E-state index contributed by atoms with van der Waals surface area (Å²) in [6.07, 6.45) is 2.99. The lowest BCUT2D eigenvalue weighted by Gasteiger charge is -2.37. The van der Waals surface area contributed by atoms with Gasteiger partial charge in [-0.1, -0.05) is 22.4 Å². The lowest BCUT2D eigenvalue weighted by atomic mass is 10.0. The summed E-state index contributed by atoms with van der Waals surface area (Å²) < 4.78 is 28.2. The number of sulfonamides is 1. The molecule has 0 bridgehead atoms. The molecule has 2 rings (SSSR count). The van der Waals surface area contributed by atoms with Crippen LogP contribution in [0.3, 0.4) is 0 Å². The van der Waals surface area contributed by atoms with Gasteiger partial charge < -0.3 is 0 Å². The Morgan fingerprint density at radius 1 is 1.21 bits per heavy atom. The molecule has 1 aliphatic heterocycles. The van der Waals surface area contributed by atoms with Crippen LogP contribution in [-0.4, -0.2) is 24.8 Å². The first kappa shape index (κ1) is 15.0. The maximum absolute atomic E-state index is 12.8. The first-order valence-electron chi connectivity index (χ1n) is 6.63. The quantitative estimate of drug-likeness (QED) is 0.819. The van der Waals surface area contributed by atoms with Crippen molar-refractivity contribution in [2.75, 3.05) is 0 Å². The van der Waals surface area contributed by atoms with Crippen molar-refractivity contribution in [3.05, 3.63) is 28.2 Å². The van der Waals surface area contributed by atoms with Crippen molar-refractivity contribution in [2.45, 2.75) is 57.0 Å². The summed E-state index contributed by atoms with van der Waals surface area (Å²) in [5, 5.41) is 0. The summed E-state index contributed by atoms with van der Waals surface area (Å²) >= 11 is 3.41. The fourth-order valence-corrected chi connectivity index (χ4v) is 4.98. The normalized spacial score (nSPS) is 25.5. The second kappa shape index (κ2) is 5.54. The van der Waals surface area contributed by atoms with E-state index in [-0.39, 0.29) is 12.1 Å². The van der Waals surface area contributed by atoms with Crippen molar-refractivity contribution in [3.63, 3.8) is 0 Å². The summed E-state index contributed by atoms with van der Waals surface area (Å²) in [4.78, 5) is 0.397. The van der Waals surface area contributed by atoms with E-state index >= 15 is 0 Å². The first-order valence-corrected chi connectivity index (χ1v) is 8.87. The van der Waals surface area contributed by atoms with Gasteiger partial charge >= 0.3 is 0 Å². The minimum absolute atomic E-state index is 0.0812. The number of piperidine rings is 1. The molecule has 0 aromatic heterocycles. The maximum atomic E-state index is 12.8. The summed E-state index contributed by atoms with van der Waals surface area (Å²) in [6, 6.07) is 5.39. The Kier molecular flexibility index (Phi) is 4.38. The predicted octanol–water partition coefficient (Wildman–Crippen LogP) is 3.71. The number of hydrogen-bond acceptors (Lipinski definition) is 2. The van der Waals surface area contributed by atoms with Gasteiger partial charge in [0, 0.05) is 16.6 Å². The van der Waals surface area contributed by atoms with Gasteiger partial charge in [0.25, 0.3) is 0 Å². The third kappa shape index (κ3) is 2.88. The van der Waals surface area contributed by atoms with Crippen LogP contribution in [0.15, 0.2) is 27.6 Å². The molecule has 0 radical (unpaired) electrons. The number of halogens is 1. The molecule has 1 saturated heterocycles. The molecule has 0 aliphatic carbocycles. The predicted molar refractivity (Wildman–Crippen MR) is 80.7 cm³/mol. The zero-order valence-electron chi connectivity index (χ0n) is 11.6. The van der Waals surface area contributed by atoms with Gasteiger partial charge in [-0.2, -0.15) is 4.31 Å². The molecule has 106 valence electrons. The molecule has 19 heavy (non-hydrogen) atoms. The minimum Gasteiger partial charge on any atom is -0.207 e. The standard InChI is InChI=1S/C14H20BrNO2S/c1-10-9-13(7-8-14(10)15)19(17,18)16-11(2)5-4-6-12(16)3/h7-9,11-12H,4-6H2,1-3H3. The lowest BCUT2D eigenvalue weighted by Crippen LogP contribution is -2.47. The van der Waals surface area contributed by atoms with Gasteiger partial charge in [0.2, 0.25) is 10.0 Å². The van der Waals surface area contributed by atoms with E-state index in [1.165, 1.54) is 0 Å². The van der Waals surface area contributed by atoms with Crippen LogP contribution in [0.1, 0.15) is 38.7 Å². The molecule has 5 heteroatoms. The molecule has 0 amide bonds. The molecule has 0 saturated carbocycles. The highest BCUT2D eigenvalue weighted by Crippen LogP contribution is 2.30. The van der Waals surface area contributed by atoms with Gasteiger partial charge in [-0.15, -0.1) is 0 Å². The fraction of sp³-hybridized carbons (Fsp3) is 0.571. The average molecular weight is 346 g/mol. The Morgan fingerprint density at radius 2 is 1.79 bits per heavy atom. The molecule has 1 aliphatic rings. The van der Waals surface area contributed by atoms with E-state index in [1.54, 1.807) is 16.4 Å². The Hall–Kier alpha value is -0.390. The van der Waals surface area contributed by atoms with E-state index in [1.807, 2.05) is 26.8 Å². The van der Waals surface area contributed by atoms with Gasteiger partial charge in [-0.3, -0.25) is 0 Å². The van der Waals surface area contributed by atoms with E-state index in [2.05, 4.69) is 15.9 Å². The highest BCUT2D eigenvalue weighted by molar-refractivity contribution is 9.10. The summed E-state index contributed by atoms with van der Waals surface area (Å²) in [6.45, 7) is 5.91. The number of rotatable bonds is 2. The molecule has 2 unspecified atom stereocenters.